The molecule has 30 heavy (non-hydrogen) atoms. The van der Waals surface area contributed by atoms with Crippen molar-refractivity contribution in [1.82, 2.24) is 15.3 Å². The Balaban J connectivity index is 1.82. The van der Waals surface area contributed by atoms with Gasteiger partial charge in [0.25, 0.3) is 5.91 Å². The third-order valence-electron chi connectivity index (χ3n) is 4.14. The fourth-order valence-corrected chi connectivity index (χ4v) is 3.30. The Morgan fingerprint density at radius 1 is 1.07 bits per heavy atom. The molecule has 0 aliphatic heterocycles. The van der Waals surface area contributed by atoms with Gasteiger partial charge in [-0.2, -0.15) is 0 Å². The first-order valence-corrected chi connectivity index (χ1v) is 10.9. The smallest absolute Gasteiger partial charge is 0.272 e. The molecular formula is C21H18Cl2N4O2S. The van der Waals surface area contributed by atoms with Gasteiger partial charge in [0.05, 0.1) is 11.2 Å². The molecule has 154 valence electrons. The van der Waals surface area contributed by atoms with Crippen molar-refractivity contribution in [2.75, 3.05) is 11.6 Å². The molecule has 0 aliphatic carbocycles. The zero-order chi connectivity index (χ0) is 21.5. The van der Waals surface area contributed by atoms with Crippen molar-refractivity contribution in [2.24, 2.45) is 0 Å². The lowest BCUT2D eigenvalue weighted by molar-refractivity contribution is -0.118. The highest BCUT2D eigenvalue weighted by Gasteiger charge is 2.24. The lowest BCUT2D eigenvalue weighted by atomic mass is 10.0. The molecule has 0 spiro atoms. The van der Waals surface area contributed by atoms with Crippen LogP contribution >= 0.6 is 35.0 Å². The molecule has 9 heteroatoms. The number of anilines is 1. The zero-order valence-corrected chi connectivity index (χ0v) is 18.3. The maximum atomic E-state index is 12.9. The highest BCUT2D eigenvalue weighted by molar-refractivity contribution is 7.98. The molecule has 1 unspecified atom stereocenters. The summed E-state index contributed by atoms with van der Waals surface area (Å²) in [6, 6.07) is 15.3. The van der Waals surface area contributed by atoms with Gasteiger partial charge in [-0.25, -0.2) is 9.97 Å². The molecule has 0 saturated carbocycles. The van der Waals surface area contributed by atoms with Gasteiger partial charge in [-0.05, 0) is 36.1 Å². The molecule has 2 N–H and O–H groups in total. The second-order valence-corrected chi connectivity index (χ2v) is 7.88. The Morgan fingerprint density at radius 3 is 2.43 bits per heavy atom. The van der Waals surface area contributed by atoms with Gasteiger partial charge in [-0.1, -0.05) is 65.3 Å². The number of nitrogens with zero attached hydrogens (tertiary/aromatic N) is 2. The van der Waals surface area contributed by atoms with Gasteiger partial charge in [-0.3, -0.25) is 9.59 Å². The number of benzene rings is 2. The lowest BCUT2D eigenvalue weighted by Gasteiger charge is -2.19. The van der Waals surface area contributed by atoms with E-state index in [-0.39, 0.29) is 16.6 Å². The number of carbonyl (C=O) groups is 2. The molecule has 0 aliphatic rings. The van der Waals surface area contributed by atoms with Gasteiger partial charge < -0.3 is 10.6 Å². The van der Waals surface area contributed by atoms with Crippen molar-refractivity contribution in [2.45, 2.75) is 17.6 Å². The molecule has 1 heterocycles. The Hall–Kier alpha value is -2.61. The third kappa shape index (κ3) is 5.95. The van der Waals surface area contributed by atoms with Crippen molar-refractivity contribution >= 4 is 52.5 Å². The molecule has 0 fully saturated rings. The maximum Gasteiger partial charge on any atom is 0.272 e. The zero-order valence-electron chi connectivity index (χ0n) is 15.9. The minimum Gasteiger partial charge on any atom is -0.338 e. The minimum absolute atomic E-state index is 0.0216. The third-order valence-corrected chi connectivity index (χ3v) is 5.23. The maximum absolute atomic E-state index is 12.9. The number of nitrogens with one attached hydrogen (secondary N) is 2. The monoisotopic (exact) mass is 460 g/mol. The number of amides is 2. The van der Waals surface area contributed by atoms with Crippen LogP contribution in [-0.2, 0) is 11.2 Å². The molecule has 3 aromatic rings. The van der Waals surface area contributed by atoms with Crippen LogP contribution < -0.4 is 10.6 Å². The fourth-order valence-electron chi connectivity index (χ4n) is 2.66. The predicted octanol–water partition coefficient (Wildman–Crippen LogP) is 4.49. The summed E-state index contributed by atoms with van der Waals surface area (Å²) in [5.41, 5.74) is 1.49. The normalized spacial score (nSPS) is 11.6. The van der Waals surface area contributed by atoms with Crippen LogP contribution in [0.4, 0.5) is 5.69 Å². The van der Waals surface area contributed by atoms with Gasteiger partial charge in [0.1, 0.15) is 6.04 Å². The van der Waals surface area contributed by atoms with Crippen LogP contribution in [0.3, 0.4) is 0 Å². The number of rotatable bonds is 7. The number of hydrogen-bond donors (Lipinski definition) is 2. The summed E-state index contributed by atoms with van der Waals surface area (Å²) in [7, 11) is 0. The molecule has 1 aromatic heterocycles. The number of carbonyl (C=O) groups excluding carboxylic acids is 2. The molecular weight excluding hydrogens is 443 g/mol. The van der Waals surface area contributed by atoms with E-state index >= 15 is 0 Å². The van der Waals surface area contributed by atoms with Crippen molar-refractivity contribution in [3.8, 4) is 0 Å². The number of hydrogen-bond acceptors (Lipinski definition) is 5. The van der Waals surface area contributed by atoms with Crippen molar-refractivity contribution in [1.29, 1.82) is 0 Å². The molecule has 0 saturated heterocycles. The minimum atomic E-state index is -0.848. The fraction of sp³-hybridized carbons (Fsp3) is 0.143. The number of halogens is 2. The molecule has 3 rings (SSSR count). The first-order chi connectivity index (χ1) is 14.5. The van der Waals surface area contributed by atoms with E-state index in [0.717, 1.165) is 5.56 Å². The molecule has 2 aromatic carbocycles. The quantitative estimate of drug-likeness (QED) is 0.400. The van der Waals surface area contributed by atoms with Gasteiger partial charge in [0.2, 0.25) is 5.91 Å². The van der Waals surface area contributed by atoms with E-state index in [1.807, 2.05) is 30.3 Å². The second kappa shape index (κ2) is 10.4. The van der Waals surface area contributed by atoms with Gasteiger partial charge in [0, 0.05) is 17.1 Å². The Kier molecular flexibility index (Phi) is 7.68. The van der Waals surface area contributed by atoms with Gasteiger partial charge in [-0.15, -0.1) is 0 Å². The van der Waals surface area contributed by atoms with E-state index in [1.54, 1.807) is 30.5 Å². The molecule has 2 amide bonds. The van der Waals surface area contributed by atoms with E-state index in [2.05, 4.69) is 20.6 Å². The second-order valence-electron chi connectivity index (χ2n) is 6.27. The van der Waals surface area contributed by atoms with Crippen molar-refractivity contribution in [3.63, 3.8) is 0 Å². The van der Waals surface area contributed by atoms with Crippen LogP contribution in [0.25, 0.3) is 0 Å². The topological polar surface area (TPSA) is 84.0 Å². The van der Waals surface area contributed by atoms with Crippen molar-refractivity contribution in [3.05, 3.63) is 82.1 Å². The predicted molar refractivity (Wildman–Crippen MR) is 120 cm³/mol. The van der Waals surface area contributed by atoms with Crippen LogP contribution in [0.1, 0.15) is 16.1 Å². The summed E-state index contributed by atoms with van der Waals surface area (Å²) in [4.78, 5) is 34.0. The van der Waals surface area contributed by atoms with Crippen LogP contribution in [-0.4, -0.2) is 34.1 Å². The summed E-state index contributed by atoms with van der Waals surface area (Å²) in [5.74, 6) is -0.922. The standard InChI is InChI=1S/C21H18Cl2N4O2S/c1-30-21-24-12-16(23)18(27-21)20(29)26-17(11-13-5-3-2-4-6-13)19(28)25-15-9-7-14(22)8-10-15/h2-10,12,17H,11H2,1H3,(H,25,28)(H,26,29). The Bertz CT molecular complexity index is 1030. The average molecular weight is 461 g/mol. The first kappa shape index (κ1) is 22.1. The Morgan fingerprint density at radius 2 is 1.77 bits per heavy atom. The van der Waals surface area contributed by atoms with E-state index in [4.69, 9.17) is 23.2 Å². The summed E-state index contributed by atoms with van der Waals surface area (Å²) in [5, 5.41) is 6.63. The summed E-state index contributed by atoms with van der Waals surface area (Å²) in [6.45, 7) is 0. The van der Waals surface area contributed by atoms with Crippen molar-refractivity contribution < 1.29 is 9.59 Å². The largest absolute Gasteiger partial charge is 0.338 e. The average Bonchev–Trinajstić information content (AvgIpc) is 2.76. The summed E-state index contributed by atoms with van der Waals surface area (Å²) < 4.78 is 0. The van der Waals surface area contributed by atoms with Gasteiger partial charge >= 0.3 is 0 Å². The highest BCUT2D eigenvalue weighted by atomic mass is 35.5. The lowest BCUT2D eigenvalue weighted by Crippen LogP contribution is -2.45. The number of aromatic nitrogens is 2. The Labute approximate surface area is 188 Å². The van der Waals surface area contributed by atoms with E-state index in [1.165, 1.54) is 18.0 Å². The van der Waals surface area contributed by atoms with Crippen LogP contribution in [0.15, 0.2) is 66.0 Å². The number of thioether (sulfide) groups is 1. The molecule has 0 bridgehead atoms. The van der Waals surface area contributed by atoms with E-state index in [9.17, 15) is 9.59 Å². The molecule has 1 atom stereocenters. The molecule has 6 nitrogen and oxygen atoms in total. The first-order valence-electron chi connectivity index (χ1n) is 8.94. The molecule has 0 radical (unpaired) electrons. The van der Waals surface area contributed by atoms with Crippen LogP contribution in [0.2, 0.25) is 10.0 Å². The van der Waals surface area contributed by atoms with Crippen LogP contribution in [0, 0.1) is 0 Å². The van der Waals surface area contributed by atoms with E-state index in [0.29, 0.717) is 22.3 Å². The van der Waals surface area contributed by atoms with Gasteiger partial charge in [0.15, 0.2) is 10.9 Å². The highest BCUT2D eigenvalue weighted by Crippen LogP contribution is 2.18. The van der Waals surface area contributed by atoms with Crippen LogP contribution in [0.5, 0.6) is 0 Å². The summed E-state index contributed by atoms with van der Waals surface area (Å²) >= 11 is 13.3. The summed E-state index contributed by atoms with van der Waals surface area (Å²) in [6.07, 6.45) is 3.46. The SMILES string of the molecule is CSc1ncc(Cl)c(C(=O)NC(Cc2ccccc2)C(=O)Nc2ccc(Cl)cc2)n1. The van der Waals surface area contributed by atoms with E-state index < -0.39 is 11.9 Å².